The molecule has 1 N–H and O–H groups in total. The number of hydrogen-bond donors (Lipinski definition) is 1. The molecule has 0 atom stereocenters. The molecule has 0 aromatic carbocycles. The summed E-state index contributed by atoms with van der Waals surface area (Å²) in [5, 5.41) is 8.63. The zero-order valence-corrected chi connectivity index (χ0v) is 13.3. The van der Waals surface area contributed by atoms with Gasteiger partial charge in [0.2, 0.25) is 0 Å². The molecular weight excluding hydrogens is 252 g/mol. The van der Waals surface area contributed by atoms with Gasteiger partial charge in [-0.05, 0) is 13.3 Å². The zero-order chi connectivity index (χ0) is 15.1. The molecule has 0 rings (SSSR count). The monoisotopic (exact) mass is 284 g/mol. The third-order valence-corrected chi connectivity index (χ3v) is 3.50. The molecule has 0 aliphatic carbocycles. The summed E-state index contributed by atoms with van der Waals surface area (Å²) in [5.41, 5.74) is 0.257. The van der Waals surface area contributed by atoms with E-state index in [0.29, 0.717) is 6.61 Å². The lowest BCUT2D eigenvalue weighted by Crippen LogP contribution is -2.07. The Bertz CT molecular complexity index is 259. The second-order valence-electron chi connectivity index (χ2n) is 5.48. The van der Waals surface area contributed by atoms with Gasteiger partial charge in [-0.15, -0.1) is 0 Å². The van der Waals surface area contributed by atoms with Gasteiger partial charge in [0.05, 0.1) is 18.4 Å². The Morgan fingerprint density at radius 1 is 0.900 bits per heavy atom. The number of ether oxygens (including phenoxy) is 1. The van der Waals surface area contributed by atoms with E-state index < -0.39 is 5.97 Å². The van der Waals surface area contributed by atoms with Crippen molar-refractivity contribution in [3.05, 3.63) is 11.8 Å². The first-order valence-electron chi connectivity index (χ1n) is 8.20. The van der Waals surface area contributed by atoms with Gasteiger partial charge in [-0.25, -0.2) is 4.79 Å². The number of aliphatic hydroxyl groups is 1. The van der Waals surface area contributed by atoms with E-state index in [9.17, 15) is 4.79 Å². The molecule has 0 heterocycles. The number of rotatable bonds is 13. The molecule has 0 aromatic heterocycles. The van der Waals surface area contributed by atoms with Crippen molar-refractivity contribution in [2.75, 3.05) is 6.61 Å². The molecule has 0 aliphatic rings. The normalized spacial score (nSPS) is 11.6. The van der Waals surface area contributed by atoms with Crippen LogP contribution in [0.15, 0.2) is 11.8 Å². The predicted molar refractivity (Wildman–Crippen MR) is 83.8 cm³/mol. The Hall–Kier alpha value is -0.990. The Morgan fingerprint density at radius 3 is 1.80 bits per heavy atom. The van der Waals surface area contributed by atoms with Gasteiger partial charge in [0.1, 0.15) is 0 Å². The van der Waals surface area contributed by atoms with E-state index in [1.165, 1.54) is 57.8 Å². The summed E-state index contributed by atoms with van der Waals surface area (Å²) in [6.45, 7) is 4.25. The minimum atomic E-state index is -0.417. The van der Waals surface area contributed by atoms with Crippen LogP contribution in [0.5, 0.6) is 0 Å². The number of esters is 1. The molecule has 0 radical (unpaired) electrons. The second-order valence-corrected chi connectivity index (χ2v) is 5.48. The minimum absolute atomic E-state index is 0.257. The van der Waals surface area contributed by atoms with Crippen LogP contribution in [0.25, 0.3) is 0 Å². The van der Waals surface area contributed by atoms with Crippen molar-refractivity contribution < 1.29 is 14.6 Å². The number of unbranched alkanes of at least 4 members (excludes halogenated alkanes) is 10. The van der Waals surface area contributed by atoms with E-state index in [1.54, 1.807) is 6.92 Å². The first-order valence-corrected chi connectivity index (χ1v) is 8.20. The van der Waals surface area contributed by atoms with Gasteiger partial charge in [-0.3, -0.25) is 0 Å². The fourth-order valence-corrected chi connectivity index (χ4v) is 2.10. The molecule has 0 unspecified atom stereocenters. The lowest BCUT2D eigenvalue weighted by Gasteiger charge is -2.04. The summed E-state index contributed by atoms with van der Waals surface area (Å²) in [4.78, 5) is 11.2. The lowest BCUT2D eigenvalue weighted by molar-refractivity contribution is -0.139. The molecule has 0 saturated heterocycles. The summed E-state index contributed by atoms with van der Waals surface area (Å²) < 4.78 is 5.01. The van der Waals surface area contributed by atoms with Gasteiger partial charge >= 0.3 is 5.97 Å². The standard InChI is InChI=1S/C17H32O3/c1-3-4-5-6-7-8-9-10-11-12-13-14-20-17(19)16(2)15-18/h15,18H,3-14H2,1-2H3. The molecule has 118 valence electrons. The molecular formula is C17H32O3. The van der Waals surface area contributed by atoms with Gasteiger partial charge in [0.25, 0.3) is 0 Å². The molecule has 0 spiro atoms. The molecule has 0 fully saturated rings. The highest BCUT2D eigenvalue weighted by atomic mass is 16.5. The van der Waals surface area contributed by atoms with E-state index in [0.717, 1.165) is 19.1 Å². The van der Waals surface area contributed by atoms with Gasteiger partial charge in [-0.1, -0.05) is 71.1 Å². The predicted octanol–water partition coefficient (Wildman–Crippen LogP) is 5.30. The quantitative estimate of drug-likeness (QED) is 0.216. The third kappa shape index (κ3) is 12.1. The van der Waals surface area contributed by atoms with Crippen LogP contribution in [-0.4, -0.2) is 17.7 Å². The van der Waals surface area contributed by atoms with E-state index in [1.807, 2.05) is 0 Å². The maximum atomic E-state index is 11.2. The Balaban J connectivity index is 3.15. The van der Waals surface area contributed by atoms with Crippen LogP contribution in [0.2, 0.25) is 0 Å². The van der Waals surface area contributed by atoms with Crippen molar-refractivity contribution in [1.29, 1.82) is 0 Å². The maximum Gasteiger partial charge on any atom is 0.336 e. The Morgan fingerprint density at radius 2 is 1.35 bits per heavy atom. The highest BCUT2D eigenvalue weighted by molar-refractivity contribution is 5.87. The van der Waals surface area contributed by atoms with Crippen LogP contribution >= 0.6 is 0 Å². The average Bonchev–Trinajstić information content (AvgIpc) is 2.47. The van der Waals surface area contributed by atoms with Gasteiger partial charge in [0.15, 0.2) is 0 Å². The highest BCUT2D eigenvalue weighted by Gasteiger charge is 2.04. The summed E-state index contributed by atoms with van der Waals surface area (Å²) in [6, 6.07) is 0. The minimum Gasteiger partial charge on any atom is -0.515 e. The zero-order valence-electron chi connectivity index (χ0n) is 13.3. The van der Waals surface area contributed by atoms with E-state index in [2.05, 4.69) is 6.92 Å². The third-order valence-electron chi connectivity index (χ3n) is 3.50. The van der Waals surface area contributed by atoms with Crippen molar-refractivity contribution in [2.24, 2.45) is 0 Å². The Kier molecular flexibility index (Phi) is 13.7. The molecule has 0 aliphatic heterocycles. The van der Waals surface area contributed by atoms with Crippen LogP contribution in [0.3, 0.4) is 0 Å². The van der Waals surface area contributed by atoms with Crippen LogP contribution in [0.1, 0.15) is 84.5 Å². The van der Waals surface area contributed by atoms with E-state index in [-0.39, 0.29) is 5.57 Å². The smallest absolute Gasteiger partial charge is 0.336 e. The molecule has 0 bridgehead atoms. The van der Waals surface area contributed by atoms with Crippen molar-refractivity contribution >= 4 is 5.97 Å². The molecule has 3 heteroatoms. The number of aliphatic hydroxyl groups excluding tert-OH is 1. The van der Waals surface area contributed by atoms with E-state index in [4.69, 9.17) is 9.84 Å². The summed E-state index contributed by atoms with van der Waals surface area (Å²) >= 11 is 0. The van der Waals surface area contributed by atoms with Gasteiger partial charge in [-0.2, -0.15) is 0 Å². The summed E-state index contributed by atoms with van der Waals surface area (Å²) in [6.07, 6.45) is 14.9. The number of carbonyl (C=O) groups excluding carboxylic acids is 1. The van der Waals surface area contributed by atoms with Gasteiger partial charge in [0, 0.05) is 0 Å². The summed E-state index contributed by atoms with van der Waals surface area (Å²) in [7, 11) is 0. The second kappa shape index (κ2) is 14.4. The van der Waals surface area contributed by atoms with Crippen LogP contribution in [-0.2, 0) is 9.53 Å². The molecule has 0 amide bonds. The molecule has 0 aromatic rings. The van der Waals surface area contributed by atoms with Crippen LogP contribution < -0.4 is 0 Å². The van der Waals surface area contributed by atoms with Crippen LogP contribution in [0.4, 0.5) is 0 Å². The van der Waals surface area contributed by atoms with Gasteiger partial charge < -0.3 is 9.84 Å². The van der Waals surface area contributed by atoms with Crippen molar-refractivity contribution in [3.8, 4) is 0 Å². The number of carbonyl (C=O) groups is 1. The first-order chi connectivity index (χ1) is 9.72. The van der Waals surface area contributed by atoms with E-state index >= 15 is 0 Å². The molecule has 0 saturated carbocycles. The summed E-state index contributed by atoms with van der Waals surface area (Å²) in [5.74, 6) is -0.417. The van der Waals surface area contributed by atoms with Crippen LogP contribution in [0, 0.1) is 0 Å². The molecule has 20 heavy (non-hydrogen) atoms. The SMILES string of the molecule is CCCCCCCCCCCCCOC(=O)C(C)=CO. The van der Waals surface area contributed by atoms with Crippen molar-refractivity contribution in [3.63, 3.8) is 0 Å². The Labute approximate surface area is 124 Å². The fraction of sp³-hybridized carbons (Fsp3) is 0.824. The van der Waals surface area contributed by atoms with Crippen molar-refractivity contribution in [2.45, 2.75) is 84.5 Å². The fourth-order valence-electron chi connectivity index (χ4n) is 2.10. The molecule has 3 nitrogen and oxygen atoms in total. The number of hydrogen-bond acceptors (Lipinski definition) is 3. The van der Waals surface area contributed by atoms with Crippen molar-refractivity contribution in [1.82, 2.24) is 0 Å². The maximum absolute atomic E-state index is 11.2. The first kappa shape index (κ1) is 19.0. The lowest BCUT2D eigenvalue weighted by atomic mass is 10.1. The largest absolute Gasteiger partial charge is 0.515 e. The average molecular weight is 284 g/mol. The highest BCUT2D eigenvalue weighted by Crippen LogP contribution is 2.11. The topological polar surface area (TPSA) is 46.5 Å².